The Labute approximate surface area is 76.4 Å². The molecule has 1 aliphatic carbocycles. The van der Waals surface area contributed by atoms with Crippen molar-refractivity contribution in [3.63, 3.8) is 0 Å². The van der Waals surface area contributed by atoms with Crippen molar-refractivity contribution in [1.29, 1.82) is 0 Å². The molecule has 0 nitrogen and oxygen atoms in total. The van der Waals surface area contributed by atoms with Gasteiger partial charge in [-0.1, -0.05) is 13.0 Å². The molecule has 11 heavy (non-hydrogen) atoms. The van der Waals surface area contributed by atoms with E-state index >= 15 is 0 Å². The van der Waals surface area contributed by atoms with Crippen molar-refractivity contribution in [2.45, 2.75) is 18.2 Å². The fourth-order valence-electron chi connectivity index (χ4n) is 1.37. The molecule has 0 saturated carbocycles. The van der Waals surface area contributed by atoms with Crippen molar-refractivity contribution in [3.05, 3.63) is 21.9 Å². The second-order valence-corrected chi connectivity index (χ2v) is 4.40. The fraction of sp³-hybridized carbons (Fsp3) is 0.333. The van der Waals surface area contributed by atoms with Crippen molar-refractivity contribution in [2.24, 2.45) is 5.92 Å². The van der Waals surface area contributed by atoms with Gasteiger partial charge in [0.2, 0.25) is 0 Å². The molecule has 1 aromatic heterocycles. The minimum absolute atomic E-state index is 0.683. The first-order valence-electron chi connectivity index (χ1n) is 3.75. The molecule has 1 aromatic rings. The molecule has 1 aliphatic rings. The summed E-state index contributed by atoms with van der Waals surface area (Å²) in [6, 6.07) is 0. The van der Waals surface area contributed by atoms with Crippen molar-refractivity contribution >= 4 is 30.0 Å². The van der Waals surface area contributed by atoms with Crippen LogP contribution in [0.3, 0.4) is 0 Å². The fourth-order valence-corrected chi connectivity index (χ4v) is 2.69. The zero-order valence-electron chi connectivity index (χ0n) is 6.37. The summed E-state index contributed by atoms with van der Waals surface area (Å²) in [5.41, 5.74) is 1.44. The quantitative estimate of drug-likeness (QED) is 0.585. The Morgan fingerprint density at radius 2 is 2.45 bits per heavy atom. The summed E-state index contributed by atoms with van der Waals surface area (Å²) in [6.07, 6.45) is 5.65. The van der Waals surface area contributed by atoms with Crippen LogP contribution in [0.2, 0.25) is 0 Å². The molecule has 0 N–H and O–H groups in total. The highest BCUT2D eigenvalue weighted by molar-refractivity contribution is 7.80. The lowest BCUT2D eigenvalue weighted by molar-refractivity contribution is 0.712. The van der Waals surface area contributed by atoms with Crippen molar-refractivity contribution in [2.75, 3.05) is 0 Å². The average molecular weight is 182 g/mol. The van der Waals surface area contributed by atoms with Gasteiger partial charge in [-0.15, -0.1) is 24.0 Å². The van der Waals surface area contributed by atoms with E-state index in [2.05, 4.69) is 37.1 Å². The van der Waals surface area contributed by atoms with Gasteiger partial charge in [-0.2, -0.15) is 0 Å². The van der Waals surface area contributed by atoms with Crippen molar-refractivity contribution in [3.8, 4) is 0 Å². The maximum atomic E-state index is 4.40. The number of thiophene rings is 1. The number of hydrogen-bond acceptors (Lipinski definition) is 2. The average Bonchev–Trinajstić information content (AvgIpc) is 2.33. The Bertz CT molecular complexity index is 297. The summed E-state index contributed by atoms with van der Waals surface area (Å²) in [5, 5.41) is 2.12. The largest absolute Gasteiger partial charge is 0.143 e. The molecule has 58 valence electrons. The minimum Gasteiger partial charge on any atom is -0.143 e. The van der Waals surface area contributed by atoms with Crippen LogP contribution in [0.4, 0.5) is 0 Å². The molecule has 1 heterocycles. The predicted molar refractivity (Wildman–Crippen MR) is 53.5 cm³/mol. The van der Waals surface area contributed by atoms with E-state index in [1.807, 2.05) is 0 Å². The molecule has 0 bridgehead atoms. The number of thiol groups is 1. The highest BCUT2D eigenvalue weighted by Crippen LogP contribution is 2.32. The van der Waals surface area contributed by atoms with E-state index < -0.39 is 0 Å². The van der Waals surface area contributed by atoms with Gasteiger partial charge in [-0.05, 0) is 24.0 Å². The third-order valence-corrected chi connectivity index (χ3v) is 3.57. The van der Waals surface area contributed by atoms with Gasteiger partial charge < -0.3 is 0 Å². The Morgan fingerprint density at radius 1 is 1.64 bits per heavy atom. The number of hydrogen-bond donors (Lipinski definition) is 1. The summed E-state index contributed by atoms with van der Waals surface area (Å²) in [4.78, 5) is 2.56. The van der Waals surface area contributed by atoms with E-state index in [4.69, 9.17) is 0 Å². The molecule has 0 fully saturated rings. The Balaban J connectivity index is 2.48. The second kappa shape index (κ2) is 2.68. The Morgan fingerprint density at radius 3 is 3.27 bits per heavy atom. The molecule has 0 spiro atoms. The molecule has 1 unspecified atom stereocenters. The highest BCUT2D eigenvalue weighted by atomic mass is 32.1. The number of allylic oxidation sites excluding steroid dienone is 1. The highest BCUT2D eigenvalue weighted by Gasteiger charge is 2.13. The SMILES string of the molecule is CC1C=Cc2scc(S)c2C1. The minimum atomic E-state index is 0.683. The Hall–Kier alpha value is -0.210. The van der Waals surface area contributed by atoms with Gasteiger partial charge in [0.15, 0.2) is 0 Å². The van der Waals surface area contributed by atoms with Crippen molar-refractivity contribution < 1.29 is 0 Å². The van der Waals surface area contributed by atoms with Crippen LogP contribution in [-0.2, 0) is 6.42 Å². The maximum absolute atomic E-state index is 4.40. The van der Waals surface area contributed by atoms with Gasteiger partial charge in [0.25, 0.3) is 0 Å². The van der Waals surface area contributed by atoms with Crippen LogP contribution in [0.15, 0.2) is 16.4 Å². The molecule has 0 radical (unpaired) electrons. The van der Waals surface area contributed by atoms with Crippen LogP contribution >= 0.6 is 24.0 Å². The van der Waals surface area contributed by atoms with Crippen LogP contribution in [0.1, 0.15) is 17.4 Å². The van der Waals surface area contributed by atoms with Crippen LogP contribution in [0.5, 0.6) is 0 Å². The molecule has 1 atom stereocenters. The first-order chi connectivity index (χ1) is 5.27. The summed E-state index contributed by atoms with van der Waals surface area (Å²) in [6.45, 7) is 2.24. The van der Waals surface area contributed by atoms with E-state index in [-0.39, 0.29) is 0 Å². The molecule has 2 heteroatoms. The van der Waals surface area contributed by atoms with Gasteiger partial charge in [-0.25, -0.2) is 0 Å². The van der Waals surface area contributed by atoms with E-state index in [9.17, 15) is 0 Å². The lowest BCUT2D eigenvalue weighted by Gasteiger charge is -2.11. The summed E-state index contributed by atoms with van der Waals surface area (Å²) >= 11 is 6.19. The normalized spacial score (nSPS) is 21.8. The monoisotopic (exact) mass is 182 g/mol. The topological polar surface area (TPSA) is 0 Å². The molecular formula is C9H10S2. The summed E-state index contributed by atoms with van der Waals surface area (Å²) < 4.78 is 0. The van der Waals surface area contributed by atoms with Crippen LogP contribution in [0, 0.1) is 5.92 Å². The summed E-state index contributed by atoms with van der Waals surface area (Å²) in [7, 11) is 0. The van der Waals surface area contributed by atoms with Gasteiger partial charge in [-0.3, -0.25) is 0 Å². The van der Waals surface area contributed by atoms with Crippen LogP contribution in [0.25, 0.3) is 6.08 Å². The first-order valence-corrected chi connectivity index (χ1v) is 5.07. The standard InChI is InChI=1S/C9H10S2/c1-6-2-3-9-7(4-6)8(10)5-11-9/h2-3,5-6,10H,4H2,1H3. The number of rotatable bonds is 0. The lowest BCUT2D eigenvalue weighted by Crippen LogP contribution is -2.00. The third-order valence-electron chi connectivity index (χ3n) is 2.01. The van der Waals surface area contributed by atoms with Gasteiger partial charge in [0.1, 0.15) is 0 Å². The molecule has 0 saturated heterocycles. The molecule has 0 aliphatic heterocycles. The second-order valence-electron chi connectivity index (χ2n) is 3.00. The van der Waals surface area contributed by atoms with E-state index in [1.54, 1.807) is 11.3 Å². The van der Waals surface area contributed by atoms with Gasteiger partial charge in [0, 0.05) is 15.2 Å². The third kappa shape index (κ3) is 1.25. The smallest absolute Gasteiger partial charge is 0.0310 e. The van der Waals surface area contributed by atoms with E-state index in [1.165, 1.54) is 15.3 Å². The zero-order chi connectivity index (χ0) is 7.84. The molecule has 0 aromatic carbocycles. The van der Waals surface area contributed by atoms with Crippen LogP contribution in [-0.4, -0.2) is 0 Å². The zero-order valence-corrected chi connectivity index (χ0v) is 8.08. The van der Waals surface area contributed by atoms with Gasteiger partial charge >= 0.3 is 0 Å². The predicted octanol–water partition coefficient (Wildman–Crippen LogP) is 3.24. The Kier molecular flexibility index (Phi) is 1.81. The molecular weight excluding hydrogens is 172 g/mol. The first kappa shape index (κ1) is 7.44. The summed E-state index contributed by atoms with van der Waals surface area (Å²) in [5.74, 6) is 0.683. The van der Waals surface area contributed by atoms with Gasteiger partial charge in [0.05, 0.1) is 0 Å². The lowest BCUT2D eigenvalue weighted by atomic mass is 9.96. The molecule has 0 amide bonds. The van der Waals surface area contributed by atoms with Crippen molar-refractivity contribution in [1.82, 2.24) is 0 Å². The molecule has 2 rings (SSSR count). The number of fused-ring (bicyclic) bond motifs is 1. The van der Waals surface area contributed by atoms with Crippen LogP contribution < -0.4 is 0 Å². The van der Waals surface area contributed by atoms with E-state index in [0.29, 0.717) is 5.92 Å². The maximum Gasteiger partial charge on any atom is 0.0310 e. The van der Waals surface area contributed by atoms with E-state index in [0.717, 1.165) is 6.42 Å².